The second-order valence-corrected chi connectivity index (χ2v) is 23.4. The summed E-state index contributed by atoms with van der Waals surface area (Å²) in [6.07, 6.45) is 4.42. The SMILES string of the molecule is CN1CCN(CC(=O)O)CCN(CC(=O)O)C(Cc2ccc(CC(=S)CCCCC[C@H](CC(=O)[C@H](CCCN=C(N)N)NC(=O)[C@H](CCCN=C(N)N)CC(=O)CC[C@H](NC(=O)c3ccc(NCc4cnc5nc(N)[nH]c(=O)c5n4)cc3)C(=O)O)C(=O)O)cc2)C1.O=C=O. The zero-order valence-corrected chi connectivity index (χ0v) is 53.2. The molecule has 18 N–H and O–H groups in total. The van der Waals surface area contributed by atoms with E-state index in [4.69, 9.17) is 50.5 Å². The first kappa shape index (κ1) is 76.8. The number of aliphatic carboxylic acids is 4. The summed E-state index contributed by atoms with van der Waals surface area (Å²) in [5.74, 6) is -9.60. The molecule has 0 saturated carbocycles. The van der Waals surface area contributed by atoms with E-state index < -0.39 is 83.2 Å². The smallest absolute Gasteiger partial charge is 0.373 e. The lowest BCUT2D eigenvalue weighted by Crippen LogP contribution is -2.47. The van der Waals surface area contributed by atoms with Crippen molar-refractivity contribution in [3.8, 4) is 0 Å². The van der Waals surface area contributed by atoms with Crippen LogP contribution in [0, 0.1) is 11.8 Å². The number of carboxylic acid groups (broad SMARTS) is 4. The van der Waals surface area contributed by atoms with Gasteiger partial charge in [-0.1, -0.05) is 49.3 Å². The van der Waals surface area contributed by atoms with Crippen LogP contribution in [-0.2, 0) is 62.5 Å². The van der Waals surface area contributed by atoms with Gasteiger partial charge in [0.1, 0.15) is 11.8 Å². The molecule has 5 atom stereocenters. The number of carbonyl (C=O) groups excluding carboxylic acids is 6. The summed E-state index contributed by atoms with van der Waals surface area (Å²) in [6, 6.07) is 11.3. The lowest BCUT2D eigenvalue weighted by atomic mass is 9.90. The van der Waals surface area contributed by atoms with E-state index in [1.54, 1.807) is 12.1 Å². The van der Waals surface area contributed by atoms with Crippen molar-refractivity contribution in [1.82, 2.24) is 45.3 Å². The first-order chi connectivity index (χ1) is 44.7. The largest absolute Gasteiger partial charge is 0.481 e. The number of amides is 2. The number of fused-ring (bicyclic) bond motifs is 1. The van der Waals surface area contributed by atoms with E-state index in [0.29, 0.717) is 82.6 Å². The number of thiocarbonyl (C=S) groups is 1. The molecule has 0 bridgehead atoms. The number of H-pyrrole nitrogens is 1. The number of nitrogens with zero attached hydrogens (tertiary/aromatic N) is 8. The molecule has 0 radical (unpaired) electrons. The number of Topliss-reactive ketones (excluding diaryl/α,β-unsaturated/α-hetero) is 2. The van der Waals surface area contributed by atoms with Gasteiger partial charge in [-0.05, 0) is 105 Å². The van der Waals surface area contributed by atoms with Crippen LogP contribution in [0.4, 0.5) is 11.6 Å². The van der Waals surface area contributed by atoms with Gasteiger partial charge in [0.25, 0.3) is 11.5 Å². The molecule has 32 nitrogen and oxygen atoms in total. The van der Waals surface area contributed by atoms with Gasteiger partial charge < -0.3 is 69.9 Å². The van der Waals surface area contributed by atoms with Crippen molar-refractivity contribution < 1.29 is 68.4 Å². The van der Waals surface area contributed by atoms with Gasteiger partial charge in [0.2, 0.25) is 11.9 Å². The van der Waals surface area contributed by atoms with Crippen LogP contribution in [0.1, 0.15) is 111 Å². The average molecular weight is 1330 g/mol. The third-order valence-electron chi connectivity index (χ3n) is 15.4. The van der Waals surface area contributed by atoms with Crippen LogP contribution in [0.25, 0.3) is 11.2 Å². The van der Waals surface area contributed by atoms with Gasteiger partial charge >= 0.3 is 30.0 Å². The Hall–Kier alpha value is -9.69. The summed E-state index contributed by atoms with van der Waals surface area (Å²) in [5.41, 5.74) is 30.3. The number of nitrogens with two attached hydrogens (primary N) is 5. The number of nitrogens with one attached hydrogen (secondary N) is 4. The highest BCUT2D eigenvalue weighted by Gasteiger charge is 2.32. The number of aromatic nitrogens is 4. The Morgan fingerprint density at radius 1 is 0.723 bits per heavy atom. The molecule has 2 aromatic carbocycles. The van der Waals surface area contributed by atoms with Crippen molar-refractivity contribution >= 4 is 105 Å². The van der Waals surface area contributed by atoms with Crippen molar-refractivity contribution in [3.05, 3.63) is 87.5 Å². The second-order valence-electron chi connectivity index (χ2n) is 22.8. The lowest BCUT2D eigenvalue weighted by molar-refractivity contribution is -0.192. The van der Waals surface area contributed by atoms with E-state index in [1.165, 1.54) is 18.3 Å². The van der Waals surface area contributed by atoms with Crippen LogP contribution in [0.3, 0.4) is 0 Å². The van der Waals surface area contributed by atoms with Gasteiger partial charge in [-0.25, -0.2) is 14.8 Å². The number of nitrogen functional groups attached to an aromatic ring is 1. The standard InChI is InChI=1S/C60H85N17O13S.CO2/c1-75-23-24-76(34-49(80)81)25-26-77(35-50(82)83)43(33-75)27-36-11-13-37(14-12-36)28-45(91)9-4-2-3-7-40(56(87)88)30-48(79)46(10-6-22-67-59(63)64)71-54(85)39(8-5-21-66-58(61)62)29-44(78)19-20-47(57(89)90)72-53(84)38-15-17-41(18-16-38)68-31-42-32-69-52-51(70-42)55(86)74-60(65)73-52;2-1-3/h11-18,32,39-40,43,46-47,68H,2-10,19-31,33-35H2,1H3,(H,71,85)(H,72,84)(H,80,81)(H,82,83)(H,87,88)(H,89,90)(H4,61,62,66)(H4,63,64,67)(H3,65,69,73,74,86);/t39-,40-,43?,46+,47+;/m1./s1. The number of hydrogen-bond donors (Lipinski definition) is 13. The molecule has 0 spiro atoms. The van der Waals surface area contributed by atoms with Crippen LogP contribution in [0.2, 0.25) is 0 Å². The van der Waals surface area contributed by atoms with Gasteiger partial charge in [0, 0.05) is 94.7 Å². The summed E-state index contributed by atoms with van der Waals surface area (Å²) in [4.78, 5) is 161. The summed E-state index contributed by atoms with van der Waals surface area (Å²) >= 11 is 5.75. The molecule has 1 aliphatic heterocycles. The molecule has 94 heavy (non-hydrogen) atoms. The highest BCUT2D eigenvalue weighted by atomic mass is 32.1. The number of ketones is 2. The summed E-state index contributed by atoms with van der Waals surface area (Å²) in [7, 11) is 1.95. The topological polar surface area (TPSA) is 524 Å². The van der Waals surface area contributed by atoms with E-state index in [0.717, 1.165) is 16.0 Å². The molecule has 4 aromatic rings. The van der Waals surface area contributed by atoms with Crippen LogP contribution < -0.4 is 50.2 Å². The van der Waals surface area contributed by atoms with E-state index in [9.17, 15) is 63.6 Å². The van der Waals surface area contributed by atoms with E-state index in [2.05, 4.69) is 50.8 Å². The second kappa shape index (κ2) is 40.3. The molecule has 1 fully saturated rings. The number of rotatable bonds is 39. The van der Waals surface area contributed by atoms with Crippen molar-refractivity contribution in [2.75, 3.05) is 77.0 Å². The molecule has 33 heteroatoms. The fraction of sp³-hybridized carbons (Fsp3) is 0.508. The maximum absolute atomic E-state index is 14.1. The molecule has 2 aromatic heterocycles. The molecule has 0 aliphatic carbocycles. The number of aromatic amines is 1. The monoisotopic (exact) mass is 1330 g/mol. The Labute approximate surface area is 547 Å². The third-order valence-corrected chi connectivity index (χ3v) is 15.7. The number of likely N-dealkylation sites (N-methyl/N-ethyl adjacent to an activating group) is 1. The van der Waals surface area contributed by atoms with Gasteiger partial charge in [-0.15, -0.1) is 0 Å². The normalized spacial score (nSPS) is 14.9. The van der Waals surface area contributed by atoms with Gasteiger partial charge in [-0.3, -0.25) is 63.1 Å². The molecule has 1 unspecified atom stereocenters. The summed E-state index contributed by atoms with van der Waals surface area (Å²) < 4.78 is 0. The maximum Gasteiger partial charge on any atom is 0.373 e. The highest BCUT2D eigenvalue weighted by Crippen LogP contribution is 2.22. The lowest BCUT2D eigenvalue weighted by Gasteiger charge is -2.32. The van der Waals surface area contributed by atoms with E-state index >= 15 is 0 Å². The Balaban J connectivity index is 0.00000615. The van der Waals surface area contributed by atoms with Crippen molar-refractivity contribution in [2.24, 2.45) is 44.8 Å². The number of anilines is 2. The van der Waals surface area contributed by atoms with E-state index in [-0.39, 0.29) is 131 Å². The van der Waals surface area contributed by atoms with Crippen molar-refractivity contribution in [3.63, 3.8) is 0 Å². The Bertz CT molecular complexity index is 3380. The number of benzene rings is 2. The first-order valence-corrected chi connectivity index (χ1v) is 30.9. The highest BCUT2D eigenvalue weighted by molar-refractivity contribution is 7.80. The van der Waals surface area contributed by atoms with Crippen LogP contribution in [-0.4, -0.2) is 209 Å². The molecule has 1 saturated heterocycles. The molecular formula is C61H85N17O15S. The molecular weight excluding hydrogens is 1240 g/mol. The number of unbranched alkanes of at least 4 members (excludes halogenated alkanes) is 2. The van der Waals surface area contributed by atoms with Crippen molar-refractivity contribution in [1.29, 1.82) is 0 Å². The molecule has 5 rings (SSSR count). The molecule has 3 heterocycles. The minimum Gasteiger partial charge on any atom is -0.481 e. The van der Waals surface area contributed by atoms with Gasteiger partial charge in [-0.2, -0.15) is 14.6 Å². The molecule has 2 amide bonds. The predicted octanol–water partition coefficient (Wildman–Crippen LogP) is 0.307. The number of carbonyl (C=O) groups is 8. The fourth-order valence-electron chi connectivity index (χ4n) is 10.5. The van der Waals surface area contributed by atoms with Gasteiger partial charge in [0.05, 0.1) is 43.5 Å². The Morgan fingerprint density at radius 3 is 1.98 bits per heavy atom. The molecule has 1 aliphatic rings. The Morgan fingerprint density at radius 2 is 1.35 bits per heavy atom. The average Bonchev–Trinajstić information content (AvgIpc) is 0.858. The Kier molecular flexibility index (Phi) is 32.9. The number of hydrogen-bond acceptors (Lipinski definition) is 22. The minimum atomic E-state index is -1.50. The first-order valence-electron chi connectivity index (χ1n) is 30.5. The van der Waals surface area contributed by atoms with Crippen LogP contribution in [0.5, 0.6) is 0 Å². The maximum atomic E-state index is 14.1. The third kappa shape index (κ3) is 28.9. The van der Waals surface area contributed by atoms with Gasteiger partial charge in [0.15, 0.2) is 28.9 Å². The fourth-order valence-corrected chi connectivity index (χ4v) is 10.8. The predicted molar refractivity (Wildman–Crippen MR) is 349 cm³/mol. The molecule has 510 valence electrons. The summed E-state index contributed by atoms with van der Waals surface area (Å²) in [6.45, 7) is 2.69. The zero-order valence-electron chi connectivity index (χ0n) is 52.4. The number of guanidine groups is 2. The van der Waals surface area contributed by atoms with Crippen molar-refractivity contribution in [2.45, 2.75) is 121 Å². The zero-order chi connectivity index (χ0) is 69.3. The van der Waals surface area contributed by atoms with E-state index in [1.807, 2.05) is 41.1 Å². The van der Waals surface area contributed by atoms with Crippen LogP contribution in [0.15, 0.2) is 69.5 Å². The minimum absolute atomic E-state index is 0.00213. The summed E-state index contributed by atoms with van der Waals surface area (Å²) in [5, 5.41) is 47.7. The number of aliphatic imine (C=N–C) groups is 2. The number of carboxylic acids is 4. The quantitative estimate of drug-likeness (QED) is 0.0124. The van der Waals surface area contributed by atoms with Crippen LogP contribution >= 0.6 is 12.2 Å².